The lowest BCUT2D eigenvalue weighted by Gasteiger charge is -2.22. The van der Waals surface area contributed by atoms with Crippen molar-refractivity contribution in [3.8, 4) is 0 Å². The minimum absolute atomic E-state index is 0.171. The molecule has 1 saturated carbocycles. The molecule has 6 nitrogen and oxygen atoms in total. The molecular formula is C13H18N2O4S. The third-order valence-electron chi connectivity index (χ3n) is 3.41. The minimum atomic E-state index is -3.38. The average Bonchev–Trinajstić information content (AvgIpc) is 2.41. The summed E-state index contributed by atoms with van der Waals surface area (Å²) in [6.07, 6.45) is 5.56. The molecule has 0 atom stereocenters. The summed E-state index contributed by atoms with van der Waals surface area (Å²) < 4.78 is 26.9. The van der Waals surface area contributed by atoms with Gasteiger partial charge in [-0.05, 0) is 25.0 Å². The number of carboxylic acid groups (broad SMARTS) is 1. The number of anilines is 1. The van der Waals surface area contributed by atoms with E-state index in [0.717, 1.165) is 19.3 Å². The van der Waals surface area contributed by atoms with Crippen molar-refractivity contribution in [2.75, 3.05) is 4.72 Å². The molecule has 1 heterocycles. The quantitative estimate of drug-likeness (QED) is 0.863. The summed E-state index contributed by atoms with van der Waals surface area (Å²) in [5.41, 5.74) is 0.780. The largest absolute Gasteiger partial charge is 0.481 e. The molecule has 0 bridgehead atoms. The lowest BCUT2D eigenvalue weighted by Crippen LogP contribution is -2.29. The number of aliphatic carboxylic acids is 1. The lowest BCUT2D eigenvalue weighted by molar-refractivity contribution is -0.136. The van der Waals surface area contributed by atoms with Crippen LogP contribution in [-0.2, 0) is 21.2 Å². The van der Waals surface area contributed by atoms with Crippen molar-refractivity contribution in [1.82, 2.24) is 4.98 Å². The summed E-state index contributed by atoms with van der Waals surface area (Å²) >= 11 is 0. The van der Waals surface area contributed by atoms with Crippen molar-refractivity contribution >= 4 is 21.7 Å². The highest BCUT2D eigenvalue weighted by atomic mass is 32.2. The zero-order valence-corrected chi connectivity index (χ0v) is 11.9. The topological polar surface area (TPSA) is 96.4 Å². The summed E-state index contributed by atoms with van der Waals surface area (Å²) in [5, 5.41) is 8.30. The van der Waals surface area contributed by atoms with Gasteiger partial charge < -0.3 is 5.11 Å². The van der Waals surface area contributed by atoms with Gasteiger partial charge in [0, 0.05) is 0 Å². The summed E-state index contributed by atoms with van der Waals surface area (Å²) in [6, 6.07) is 3.07. The Balaban J connectivity index is 2.03. The van der Waals surface area contributed by atoms with Crippen LogP contribution in [0.5, 0.6) is 0 Å². The number of hydrogen-bond donors (Lipinski definition) is 2. The zero-order chi connectivity index (χ0) is 14.6. The van der Waals surface area contributed by atoms with E-state index in [1.165, 1.54) is 12.3 Å². The number of sulfonamides is 1. The van der Waals surface area contributed by atoms with E-state index in [9.17, 15) is 13.2 Å². The minimum Gasteiger partial charge on any atom is -0.481 e. The van der Waals surface area contributed by atoms with Gasteiger partial charge in [0.15, 0.2) is 0 Å². The number of rotatable bonds is 5. The van der Waals surface area contributed by atoms with Crippen LogP contribution in [0.25, 0.3) is 0 Å². The van der Waals surface area contributed by atoms with Gasteiger partial charge in [0.1, 0.15) is 0 Å². The Kier molecular flexibility index (Phi) is 4.59. The van der Waals surface area contributed by atoms with Crippen LogP contribution in [0, 0.1) is 0 Å². The van der Waals surface area contributed by atoms with Gasteiger partial charge in [-0.1, -0.05) is 19.3 Å². The third kappa shape index (κ3) is 3.93. The highest BCUT2D eigenvalue weighted by Crippen LogP contribution is 2.25. The summed E-state index contributed by atoms with van der Waals surface area (Å²) in [4.78, 5) is 14.5. The molecule has 20 heavy (non-hydrogen) atoms. The van der Waals surface area contributed by atoms with E-state index in [0.29, 0.717) is 24.2 Å². The second kappa shape index (κ2) is 6.21. The van der Waals surface area contributed by atoms with Crippen LogP contribution in [0.3, 0.4) is 0 Å². The van der Waals surface area contributed by atoms with Crippen molar-refractivity contribution in [3.05, 3.63) is 24.0 Å². The fourth-order valence-electron chi connectivity index (χ4n) is 2.37. The predicted octanol–water partition coefficient (Wildman–Crippen LogP) is 1.78. The summed E-state index contributed by atoms with van der Waals surface area (Å²) in [7, 11) is -3.38. The van der Waals surface area contributed by atoms with E-state index in [-0.39, 0.29) is 11.7 Å². The molecule has 0 aromatic carbocycles. The van der Waals surface area contributed by atoms with Crippen molar-refractivity contribution in [2.45, 2.75) is 43.8 Å². The number of carbonyl (C=O) groups is 1. The standard InChI is InChI=1S/C13H18N2O4S/c16-13(17)8-10-6-7-11(9-14-10)15-20(18,19)12-4-2-1-3-5-12/h6-7,9,12,15H,1-5,8H2,(H,16,17). The van der Waals surface area contributed by atoms with Crippen LogP contribution in [0.4, 0.5) is 5.69 Å². The number of nitrogens with zero attached hydrogens (tertiary/aromatic N) is 1. The van der Waals surface area contributed by atoms with Crippen LogP contribution in [0.1, 0.15) is 37.8 Å². The van der Waals surface area contributed by atoms with E-state index in [4.69, 9.17) is 5.11 Å². The van der Waals surface area contributed by atoms with Gasteiger partial charge in [-0.25, -0.2) is 8.42 Å². The number of carboxylic acids is 1. The van der Waals surface area contributed by atoms with Gasteiger partial charge in [-0.15, -0.1) is 0 Å². The van der Waals surface area contributed by atoms with Gasteiger partial charge in [0.05, 0.1) is 29.2 Å². The monoisotopic (exact) mass is 298 g/mol. The smallest absolute Gasteiger partial charge is 0.309 e. The molecule has 2 N–H and O–H groups in total. The van der Waals surface area contributed by atoms with E-state index < -0.39 is 16.0 Å². The first-order chi connectivity index (χ1) is 9.47. The number of hydrogen-bond acceptors (Lipinski definition) is 4. The molecule has 0 amide bonds. The van der Waals surface area contributed by atoms with Crippen LogP contribution < -0.4 is 4.72 Å². The maximum Gasteiger partial charge on any atom is 0.309 e. The molecule has 0 spiro atoms. The van der Waals surface area contributed by atoms with E-state index in [2.05, 4.69) is 9.71 Å². The lowest BCUT2D eigenvalue weighted by atomic mass is 10.0. The van der Waals surface area contributed by atoms with Gasteiger partial charge in [0.25, 0.3) is 0 Å². The SMILES string of the molecule is O=C(O)Cc1ccc(NS(=O)(=O)C2CCCCC2)cn1. The van der Waals surface area contributed by atoms with Crippen LogP contribution in [0.15, 0.2) is 18.3 Å². The molecule has 0 saturated heterocycles. The van der Waals surface area contributed by atoms with E-state index in [1.807, 2.05) is 0 Å². The molecule has 0 aliphatic heterocycles. The first-order valence-corrected chi connectivity index (χ1v) is 8.20. The molecule has 2 rings (SSSR count). The highest BCUT2D eigenvalue weighted by Gasteiger charge is 2.27. The van der Waals surface area contributed by atoms with Gasteiger partial charge in [-0.3, -0.25) is 14.5 Å². The van der Waals surface area contributed by atoms with Gasteiger partial charge in [-0.2, -0.15) is 0 Å². The molecule has 1 aromatic heterocycles. The van der Waals surface area contributed by atoms with Crippen LogP contribution in [-0.4, -0.2) is 29.7 Å². The maximum atomic E-state index is 12.2. The normalized spacial score (nSPS) is 16.8. The number of nitrogens with one attached hydrogen (secondary N) is 1. The fourth-order valence-corrected chi connectivity index (χ4v) is 3.94. The molecule has 1 fully saturated rings. The molecule has 7 heteroatoms. The van der Waals surface area contributed by atoms with E-state index >= 15 is 0 Å². The number of pyridine rings is 1. The summed E-state index contributed by atoms with van der Waals surface area (Å²) in [5.74, 6) is -0.965. The summed E-state index contributed by atoms with van der Waals surface area (Å²) in [6.45, 7) is 0. The van der Waals surface area contributed by atoms with Crippen molar-refractivity contribution in [2.24, 2.45) is 0 Å². The van der Waals surface area contributed by atoms with Crippen LogP contribution in [0.2, 0.25) is 0 Å². The Morgan fingerprint density at radius 2 is 2.00 bits per heavy atom. The molecule has 1 aromatic rings. The Hall–Kier alpha value is -1.63. The molecule has 0 unspecified atom stereocenters. The molecule has 0 radical (unpaired) electrons. The maximum absolute atomic E-state index is 12.2. The van der Waals surface area contributed by atoms with Crippen LogP contribution >= 0.6 is 0 Å². The average molecular weight is 298 g/mol. The van der Waals surface area contributed by atoms with Crippen molar-refractivity contribution in [1.29, 1.82) is 0 Å². The van der Waals surface area contributed by atoms with Gasteiger partial charge in [0.2, 0.25) is 10.0 Å². The van der Waals surface area contributed by atoms with Crippen molar-refractivity contribution in [3.63, 3.8) is 0 Å². The first kappa shape index (κ1) is 14.8. The fraction of sp³-hybridized carbons (Fsp3) is 0.538. The second-order valence-corrected chi connectivity index (χ2v) is 6.98. The Labute approximate surface area is 118 Å². The second-order valence-electron chi connectivity index (χ2n) is 5.02. The van der Waals surface area contributed by atoms with Gasteiger partial charge >= 0.3 is 5.97 Å². The highest BCUT2D eigenvalue weighted by molar-refractivity contribution is 7.93. The third-order valence-corrected chi connectivity index (χ3v) is 5.28. The first-order valence-electron chi connectivity index (χ1n) is 6.66. The van der Waals surface area contributed by atoms with Crippen molar-refractivity contribution < 1.29 is 18.3 Å². The molecule has 110 valence electrons. The zero-order valence-electron chi connectivity index (χ0n) is 11.1. The Bertz CT molecular complexity index is 563. The molecule has 1 aliphatic carbocycles. The molecule has 1 aliphatic rings. The number of aromatic nitrogens is 1. The molecular weight excluding hydrogens is 280 g/mol. The Morgan fingerprint density at radius 3 is 2.55 bits per heavy atom. The van der Waals surface area contributed by atoms with E-state index in [1.54, 1.807) is 6.07 Å². The Morgan fingerprint density at radius 1 is 1.30 bits per heavy atom. The predicted molar refractivity (Wildman–Crippen MR) is 75.0 cm³/mol.